The Labute approximate surface area is 137 Å². The molecule has 0 aliphatic rings. The van der Waals surface area contributed by atoms with Gasteiger partial charge in [-0.15, -0.1) is 0 Å². The van der Waals surface area contributed by atoms with Crippen LogP contribution in [-0.2, 0) is 16.6 Å². The van der Waals surface area contributed by atoms with Crippen molar-refractivity contribution in [3.05, 3.63) is 57.5 Å². The molecule has 0 aromatic heterocycles. The first-order chi connectivity index (χ1) is 9.83. The second-order valence-electron chi connectivity index (χ2n) is 4.54. The fourth-order valence-electron chi connectivity index (χ4n) is 1.73. The van der Waals surface area contributed by atoms with Crippen LogP contribution in [-0.4, -0.2) is 14.7 Å². The van der Waals surface area contributed by atoms with E-state index in [-0.39, 0.29) is 0 Å². The summed E-state index contributed by atoms with van der Waals surface area (Å²) < 4.78 is 25.6. The Hall–Kier alpha value is -1.24. The lowest BCUT2D eigenvalue weighted by molar-refractivity contribution is 0.607. The smallest absolute Gasteiger partial charge is 0.229 e. The van der Waals surface area contributed by atoms with Crippen molar-refractivity contribution in [1.82, 2.24) is 0 Å². The largest absolute Gasteiger partial charge is 0.381 e. The summed E-state index contributed by atoms with van der Waals surface area (Å²) in [4.78, 5) is 0. The summed E-state index contributed by atoms with van der Waals surface area (Å²) in [6.07, 6.45) is 1.12. The Bertz CT molecular complexity index is 733. The molecule has 21 heavy (non-hydrogen) atoms. The minimum atomic E-state index is -3.25. The van der Waals surface area contributed by atoms with Crippen molar-refractivity contribution in [2.75, 3.05) is 16.3 Å². The van der Waals surface area contributed by atoms with Gasteiger partial charge in [-0.25, -0.2) is 8.42 Å². The van der Waals surface area contributed by atoms with Gasteiger partial charge in [0.15, 0.2) is 0 Å². The van der Waals surface area contributed by atoms with Crippen molar-refractivity contribution in [2.24, 2.45) is 0 Å². The first-order valence-electron chi connectivity index (χ1n) is 6.09. The quantitative estimate of drug-likeness (QED) is 0.810. The number of hydrogen-bond donors (Lipinski definition) is 2. The SMILES string of the molecule is CS(=O)(=O)Nc1ccc(NCc2ccc(Br)cc2Cl)cc1. The Morgan fingerprint density at radius 2 is 1.71 bits per heavy atom. The summed E-state index contributed by atoms with van der Waals surface area (Å²) in [6.45, 7) is 0.588. The van der Waals surface area contributed by atoms with E-state index in [1.54, 1.807) is 24.3 Å². The standard InChI is InChI=1S/C14H14BrClN2O2S/c1-21(19,20)18-13-6-4-12(5-7-13)17-9-10-2-3-11(15)8-14(10)16/h2-8,17-18H,9H2,1H3. The molecular formula is C14H14BrClN2O2S. The molecular weight excluding hydrogens is 376 g/mol. The Balaban J connectivity index is 2.00. The van der Waals surface area contributed by atoms with Crippen molar-refractivity contribution in [2.45, 2.75) is 6.54 Å². The molecule has 4 nitrogen and oxygen atoms in total. The molecule has 7 heteroatoms. The van der Waals surface area contributed by atoms with Crippen molar-refractivity contribution in [3.63, 3.8) is 0 Å². The van der Waals surface area contributed by atoms with Gasteiger partial charge in [0.25, 0.3) is 0 Å². The van der Waals surface area contributed by atoms with Gasteiger partial charge in [-0.1, -0.05) is 33.6 Å². The van der Waals surface area contributed by atoms with Crippen LogP contribution in [0.15, 0.2) is 46.9 Å². The molecule has 2 rings (SSSR count). The van der Waals surface area contributed by atoms with Crippen LogP contribution in [0.1, 0.15) is 5.56 Å². The van der Waals surface area contributed by atoms with E-state index in [1.165, 1.54) is 0 Å². The molecule has 0 spiro atoms. The molecule has 0 heterocycles. The number of rotatable bonds is 5. The van der Waals surface area contributed by atoms with Crippen LogP contribution in [0, 0.1) is 0 Å². The molecule has 0 aliphatic carbocycles. The van der Waals surface area contributed by atoms with Crippen molar-refractivity contribution in [3.8, 4) is 0 Å². The average Bonchev–Trinajstić information content (AvgIpc) is 2.38. The molecule has 0 saturated heterocycles. The molecule has 112 valence electrons. The lowest BCUT2D eigenvalue weighted by Crippen LogP contribution is -2.09. The Kier molecular flexibility index (Phi) is 5.13. The third-order valence-corrected chi connectivity index (χ3v) is 4.14. The average molecular weight is 390 g/mol. The summed E-state index contributed by atoms with van der Waals surface area (Å²) in [5.41, 5.74) is 2.40. The minimum Gasteiger partial charge on any atom is -0.381 e. The Morgan fingerprint density at radius 1 is 1.10 bits per heavy atom. The molecule has 2 aromatic rings. The van der Waals surface area contributed by atoms with Gasteiger partial charge in [-0.3, -0.25) is 4.72 Å². The predicted octanol–water partition coefficient (Wildman–Crippen LogP) is 4.09. The van der Waals surface area contributed by atoms with E-state index in [1.807, 2.05) is 18.2 Å². The summed E-state index contributed by atoms with van der Waals surface area (Å²) in [7, 11) is -3.25. The van der Waals surface area contributed by atoms with E-state index < -0.39 is 10.0 Å². The van der Waals surface area contributed by atoms with Crippen molar-refractivity contribution >= 4 is 48.9 Å². The van der Waals surface area contributed by atoms with Crippen molar-refractivity contribution in [1.29, 1.82) is 0 Å². The highest BCUT2D eigenvalue weighted by Gasteiger charge is 2.03. The van der Waals surface area contributed by atoms with Crippen LogP contribution in [0.25, 0.3) is 0 Å². The number of nitrogens with one attached hydrogen (secondary N) is 2. The molecule has 0 aliphatic heterocycles. The first-order valence-corrected chi connectivity index (χ1v) is 9.15. The monoisotopic (exact) mass is 388 g/mol. The van der Waals surface area contributed by atoms with Gasteiger partial charge >= 0.3 is 0 Å². The Morgan fingerprint density at radius 3 is 2.29 bits per heavy atom. The lowest BCUT2D eigenvalue weighted by Gasteiger charge is -2.10. The normalized spacial score (nSPS) is 11.2. The van der Waals surface area contributed by atoms with Gasteiger partial charge in [0.2, 0.25) is 10.0 Å². The van der Waals surface area contributed by atoms with Gasteiger partial charge in [0.05, 0.1) is 6.26 Å². The summed E-state index contributed by atoms with van der Waals surface area (Å²) in [6, 6.07) is 12.7. The molecule has 0 amide bonds. The third-order valence-electron chi connectivity index (χ3n) is 2.69. The van der Waals surface area contributed by atoms with Crippen molar-refractivity contribution < 1.29 is 8.42 Å². The molecule has 0 unspecified atom stereocenters. The van der Waals surface area contributed by atoms with Gasteiger partial charge < -0.3 is 5.32 Å². The predicted molar refractivity (Wildman–Crippen MR) is 91.4 cm³/mol. The number of sulfonamides is 1. The maximum atomic E-state index is 11.1. The summed E-state index contributed by atoms with van der Waals surface area (Å²) in [5.74, 6) is 0. The number of anilines is 2. The van der Waals surface area contributed by atoms with Crippen LogP contribution in [0.3, 0.4) is 0 Å². The highest BCUT2D eigenvalue weighted by Crippen LogP contribution is 2.22. The maximum absolute atomic E-state index is 11.1. The molecule has 0 bridgehead atoms. The zero-order valence-corrected chi connectivity index (χ0v) is 14.4. The first kappa shape index (κ1) is 16.1. The summed E-state index contributed by atoms with van der Waals surface area (Å²) in [5, 5.41) is 3.92. The molecule has 0 saturated carbocycles. The van der Waals surface area contributed by atoms with Crippen LogP contribution < -0.4 is 10.0 Å². The molecule has 2 N–H and O–H groups in total. The van der Waals surface area contributed by atoms with Gasteiger partial charge in [0.1, 0.15) is 0 Å². The van der Waals surface area contributed by atoms with E-state index in [4.69, 9.17) is 11.6 Å². The van der Waals surface area contributed by atoms with Gasteiger partial charge in [0, 0.05) is 27.4 Å². The second-order valence-corrected chi connectivity index (χ2v) is 7.61. The molecule has 0 fully saturated rings. The van der Waals surface area contributed by atoms with Crippen LogP contribution in [0.5, 0.6) is 0 Å². The third kappa shape index (κ3) is 5.22. The second kappa shape index (κ2) is 6.68. The molecule has 2 aromatic carbocycles. The lowest BCUT2D eigenvalue weighted by atomic mass is 10.2. The molecule has 0 atom stereocenters. The van der Waals surface area contributed by atoms with Crippen LogP contribution in [0.2, 0.25) is 5.02 Å². The zero-order chi connectivity index (χ0) is 15.5. The topological polar surface area (TPSA) is 58.2 Å². The van der Waals surface area contributed by atoms with E-state index >= 15 is 0 Å². The highest BCUT2D eigenvalue weighted by atomic mass is 79.9. The fourth-order valence-corrected chi connectivity index (χ4v) is 3.04. The van der Waals surface area contributed by atoms with E-state index in [9.17, 15) is 8.42 Å². The van der Waals surface area contributed by atoms with Gasteiger partial charge in [-0.2, -0.15) is 0 Å². The minimum absolute atomic E-state index is 0.532. The number of halogens is 2. The van der Waals surface area contributed by atoms with Crippen LogP contribution in [0.4, 0.5) is 11.4 Å². The maximum Gasteiger partial charge on any atom is 0.229 e. The summed E-state index contributed by atoms with van der Waals surface area (Å²) >= 11 is 9.51. The van der Waals surface area contributed by atoms with E-state index in [2.05, 4.69) is 26.0 Å². The van der Waals surface area contributed by atoms with E-state index in [0.29, 0.717) is 17.3 Å². The number of hydrogen-bond acceptors (Lipinski definition) is 3. The van der Waals surface area contributed by atoms with E-state index in [0.717, 1.165) is 22.0 Å². The zero-order valence-electron chi connectivity index (χ0n) is 11.2. The highest BCUT2D eigenvalue weighted by molar-refractivity contribution is 9.10. The van der Waals surface area contributed by atoms with Gasteiger partial charge in [-0.05, 0) is 42.0 Å². The molecule has 0 radical (unpaired) electrons. The number of benzene rings is 2. The van der Waals surface area contributed by atoms with Crippen LogP contribution >= 0.6 is 27.5 Å². The fraction of sp³-hybridized carbons (Fsp3) is 0.143.